The minimum absolute atomic E-state index is 0.141. The van der Waals surface area contributed by atoms with Gasteiger partial charge in [-0.2, -0.15) is 0 Å². The van der Waals surface area contributed by atoms with Gasteiger partial charge in [-0.25, -0.2) is 0 Å². The maximum Gasteiger partial charge on any atom is 0.263 e. The van der Waals surface area contributed by atoms with Gasteiger partial charge in [0.25, 0.3) is 5.91 Å². The van der Waals surface area contributed by atoms with E-state index in [1.54, 1.807) is 0 Å². The second-order valence-corrected chi connectivity index (χ2v) is 6.29. The minimum atomic E-state index is -0.364. The summed E-state index contributed by atoms with van der Waals surface area (Å²) in [5.74, 6) is 1.53. The minimum Gasteiger partial charge on any atom is -0.481 e. The number of likely N-dealkylation sites (tertiary alicyclic amines) is 1. The summed E-state index contributed by atoms with van der Waals surface area (Å²) in [6, 6.07) is 6.02. The third-order valence-electron chi connectivity index (χ3n) is 4.37. The standard InChI is InChI=1S/C18H27NO2/c1-5-17(18(20)19-10-6-7-13(2)12-19)21-16-9-8-14(3)15(4)11-16/h8-9,11,13,17H,5-7,10,12H2,1-4H3/t13-,17-/m0/s1. The lowest BCUT2D eigenvalue weighted by Crippen LogP contribution is -2.46. The van der Waals surface area contributed by atoms with E-state index in [0.29, 0.717) is 12.3 Å². The molecule has 1 heterocycles. The van der Waals surface area contributed by atoms with Gasteiger partial charge < -0.3 is 9.64 Å². The van der Waals surface area contributed by atoms with Crippen LogP contribution in [0.3, 0.4) is 0 Å². The summed E-state index contributed by atoms with van der Waals surface area (Å²) < 4.78 is 5.96. The molecule has 1 aromatic rings. The predicted molar refractivity (Wildman–Crippen MR) is 85.6 cm³/mol. The van der Waals surface area contributed by atoms with Crippen molar-refractivity contribution in [1.82, 2.24) is 4.90 Å². The Labute approximate surface area is 128 Å². The van der Waals surface area contributed by atoms with Gasteiger partial charge >= 0.3 is 0 Å². The summed E-state index contributed by atoms with van der Waals surface area (Å²) in [7, 11) is 0. The molecule has 116 valence electrons. The first-order chi connectivity index (χ1) is 10.0. The number of hydrogen-bond donors (Lipinski definition) is 0. The van der Waals surface area contributed by atoms with Gasteiger partial charge in [0.15, 0.2) is 6.10 Å². The van der Waals surface area contributed by atoms with Crippen molar-refractivity contribution in [2.75, 3.05) is 13.1 Å². The van der Waals surface area contributed by atoms with Crippen LogP contribution in [-0.4, -0.2) is 30.0 Å². The Hall–Kier alpha value is -1.51. The van der Waals surface area contributed by atoms with Gasteiger partial charge in [0.05, 0.1) is 0 Å². The van der Waals surface area contributed by atoms with E-state index in [1.165, 1.54) is 17.5 Å². The topological polar surface area (TPSA) is 29.5 Å². The molecular formula is C18H27NO2. The van der Waals surface area contributed by atoms with Crippen molar-refractivity contribution >= 4 is 5.91 Å². The number of piperidine rings is 1. The highest BCUT2D eigenvalue weighted by Crippen LogP contribution is 2.21. The molecule has 1 amide bonds. The maximum absolute atomic E-state index is 12.6. The van der Waals surface area contributed by atoms with E-state index < -0.39 is 0 Å². The molecule has 0 saturated carbocycles. The average Bonchev–Trinajstić information content (AvgIpc) is 2.47. The van der Waals surface area contributed by atoms with Crippen molar-refractivity contribution in [2.45, 2.75) is 53.1 Å². The fourth-order valence-corrected chi connectivity index (χ4v) is 2.85. The van der Waals surface area contributed by atoms with E-state index >= 15 is 0 Å². The predicted octanol–water partition coefficient (Wildman–Crippen LogP) is 3.72. The largest absolute Gasteiger partial charge is 0.481 e. The number of aryl methyl sites for hydroxylation is 2. The summed E-state index contributed by atoms with van der Waals surface area (Å²) in [5, 5.41) is 0. The van der Waals surface area contributed by atoms with Gasteiger partial charge in [0, 0.05) is 13.1 Å². The van der Waals surface area contributed by atoms with Crippen molar-refractivity contribution in [1.29, 1.82) is 0 Å². The Balaban J connectivity index is 2.04. The van der Waals surface area contributed by atoms with Crippen LogP contribution in [0.15, 0.2) is 18.2 Å². The number of amides is 1. The Morgan fingerprint density at radius 3 is 2.76 bits per heavy atom. The molecule has 1 aliphatic rings. The number of benzene rings is 1. The number of hydrogen-bond acceptors (Lipinski definition) is 2. The summed E-state index contributed by atoms with van der Waals surface area (Å²) in [4.78, 5) is 14.6. The number of carbonyl (C=O) groups excluding carboxylic acids is 1. The third-order valence-corrected chi connectivity index (χ3v) is 4.37. The average molecular weight is 289 g/mol. The first-order valence-electron chi connectivity index (χ1n) is 8.04. The van der Waals surface area contributed by atoms with Crippen LogP contribution in [0.1, 0.15) is 44.2 Å². The van der Waals surface area contributed by atoms with E-state index in [1.807, 2.05) is 30.0 Å². The molecular weight excluding hydrogens is 262 g/mol. The molecule has 2 rings (SSSR count). The Morgan fingerprint density at radius 2 is 2.14 bits per heavy atom. The Bertz CT molecular complexity index is 498. The quantitative estimate of drug-likeness (QED) is 0.845. The number of ether oxygens (including phenoxy) is 1. The van der Waals surface area contributed by atoms with Crippen molar-refractivity contribution in [3.8, 4) is 5.75 Å². The van der Waals surface area contributed by atoms with E-state index in [0.717, 1.165) is 25.3 Å². The van der Waals surface area contributed by atoms with E-state index in [-0.39, 0.29) is 12.0 Å². The van der Waals surface area contributed by atoms with E-state index in [2.05, 4.69) is 20.8 Å². The monoisotopic (exact) mass is 289 g/mol. The Kier molecular flexibility index (Phi) is 5.27. The third kappa shape index (κ3) is 3.99. The van der Waals surface area contributed by atoms with Crippen LogP contribution in [0.25, 0.3) is 0 Å². The first-order valence-corrected chi connectivity index (χ1v) is 8.04. The molecule has 2 atom stereocenters. The lowest BCUT2D eigenvalue weighted by Gasteiger charge is -2.33. The van der Waals surface area contributed by atoms with Crippen LogP contribution in [0.4, 0.5) is 0 Å². The molecule has 0 bridgehead atoms. The van der Waals surface area contributed by atoms with Crippen LogP contribution < -0.4 is 4.74 Å². The SMILES string of the molecule is CC[C@H](Oc1ccc(C)c(C)c1)C(=O)N1CCC[C@H](C)C1. The maximum atomic E-state index is 12.6. The lowest BCUT2D eigenvalue weighted by molar-refractivity contribution is -0.140. The van der Waals surface area contributed by atoms with E-state index in [9.17, 15) is 4.79 Å². The fourth-order valence-electron chi connectivity index (χ4n) is 2.85. The molecule has 0 N–H and O–H groups in total. The zero-order valence-corrected chi connectivity index (χ0v) is 13.7. The van der Waals surface area contributed by atoms with Crippen molar-refractivity contribution in [3.63, 3.8) is 0 Å². The summed E-state index contributed by atoms with van der Waals surface area (Å²) in [6.07, 6.45) is 2.67. The van der Waals surface area contributed by atoms with Crippen LogP contribution >= 0.6 is 0 Å². The molecule has 0 radical (unpaired) electrons. The molecule has 1 aliphatic heterocycles. The van der Waals surface area contributed by atoms with Gasteiger partial charge in [0.2, 0.25) is 0 Å². The van der Waals surface area contributed by atoms with Crippen LogP contribution in [-0.2, 0) is 4.79 Å². The fraction of sp³-hybridized carbons (Fsp3) is 0.611. The lowest BCUT2D eigenvalue weighted by atomic mass is 9.99. The summed E-state index contributed by atoms with van der Waals surface area (Å²) in [5.41, 5.74) is 2.44. The second kappa shape index (κ2) is 6.97. The molecule has 1 saturated heterocycles. The van der Waals surface area contributed by atoms with Gasteiger partial charge in [-0.1, -0.05) is 19.9 Å². The molecule has 21 heavy (non-hydrogen) atoms. The van der Waals surface area contributed by atoms with Crippen LogP contribution in [0, 0.1) is 19.8 Å². The number of carbonyl (C=O) groups is 1. The van der Waals surface area contributed by atoms with Gasteiger partial charge in [-0.3, -0.25) is 4.79 Å². The van der Waals surface area contributed by atoms with Crippen molar-refractivity contribution < 1.29 is 9.53 Å². The number of nitrogens with zero attached hydrogens (tertiary/aromatic N) is 1. The molecule has 0 unspecified atom stereocenters. The molecule has 0 aromatic heterocycles. The highest BCUT2D eigenvalue weighted by molar-refractivity contribution is 5.81. The highest BCUT2D eigenvalue weighted by atomic mass is 16.5. The summed E-state index contributed by atoms with van der Waals surface area (Å²) in [6.45, 7) is 10.1. The smallest absolute Gasteiger partial charge is 0.263 e. The molecule has 1 fully saturated rings. The second-order valence-electron chi connectivity index (χ2n) is 6.29. The zero-order chi connectivity index (χ0) is 15.4. The van der Waals surface area contributed by atoms with E-state index in [4.69, 9.17) is 4.74 Å². The molecule has 1 aromatic carbocycles. The van der Waals surface area contributed by atoms with Gasteiger partial charge in [0.1, 0.15) is 5.75 Å². The highest BCUT2D eigenvalue weighted by Gasteiger charge is 2.27. The first kappa shape index (κ1) is 15.9. The molecule has 3 nitrogen and oxygen atoms in total. The Morgan fingerprint density at radius 1 is 1.38 bits per heavy atom. The van der Waals surface area contributed by atoms with Crippen LogP contribution in [0.2, 0.25) is 0 Å². The van der Waals surface area contributed by atoms with Crippen molar-refractivity contribution in [2.24, 2.45) is 5.92 Å². The van der Waals surface area contributed by atoms with Gasteiger partial charge in [-0.15, -0.1) is 0 Å². The normalized spacial score (nSPS) is 20.2. The molecule has 3 heteroatoms. The van der Waals surface area contributed by atoms with Gasteiger partial charge in [-0.05, 0) is 62.3 Å². The van der Waals surface area contributed by atoms with Crippen LogP contribution in [0.5, 0.6) is 5.75 Å². The molecule has 0 spiro atoms. The van der Waals surface area contributed by atoms with Crippen molar-refractivity contribution in [3.05, 3.63) is 29.3 Å². The summed E-state index contributed by atoms with van der Waals surface area (Å²) >= 11 is 0. The molecule has 0 aliphatic carbocycles. The number of rotatable bonds is 4. The zero-order valence-electron chi connectivity index (χ0n) is 13.7.